The minimum absolute atomic E-state index is 0.303. The molecule has 0 fully saturated rings. The third kappa shape index (κ3) is 2.55. The van der Waals surface area contributed by atoms with E-state index in [9.17, 15) is 5.11 Å². The van der Waals surface area contributed by atoms with Crippen LogP contribution in [0.4, 0.5) is 0 Å². The van der Waals surface area contributed by atoms with E-state index in [1.54, 1.807) is 11.3 Å². The van der Waals surface area contributed by atoms with Crippen LogP contribution in [0.15, 0.2) is 14.3 Å². The number of thiophene rings is 1. The lowest BCUT2D eigenvalue weighted by molar-refractivity contribution is 0.170. The molecule has 0 saturated carbocycles. The summed E-state index contributed by atoms with van der Waals surface area (Å²) in [7, 11) is 0. The molecule has 0 amide bonds. The van der Waals surface area contributed by atoms with Gasteiger partial charge in [0.1, 0.15) is 0 Å². The average molecular weight is 314 g/mol. The van der Waals surface area contributed by atoms with Crippen LogP contribution in [0.25, 0.3) is 0 Å². The fourth-order valence-corrected chi connectivity index (χ4v) is 3.05. The van der Waals surface area contributed by atoms with E-state index in [4.69, 9.17) is 0 Å². The van der Waals surface area contributed by atoms with E-state index in [0.717, 1.165) is 26.0 Å². The van der Waals surface area contributed by atoms with Crippen molar-refractivity contribution < 1.29 is 5.11 Å². The number of aliphatic hydroxyl groups excluding tert-OH is 1. The smallest absolute Gasteiger partial charge is 0.0882 e. The molecule has 1 aromatic heterocycles. The average Bonchev–Trinajstić information content (AvgIpc) is 2.33. The van der Waals surface area contributed by atoms with E-state index in [1.807, 2.05) is 6.07 Å². The molecule has 1 unspecified atom stereocenters. The summed E-state index contributed by atoms with van der Waals surface area (Å²) in [4.78, 5) is 1.02. The summed E-state index contributed by atoms with van der Waals surface area (Å²) in [6.45, 7) is 2.07. The van der Waals surface area contributed by atoms with Gasteiger partial charge >= 0.3 is 0 Å². The van der Waals surface area contributed by atoms with Gasteiger partial charge in [0.25, 0.3) is 0 Å². The number of hydrogen-bond acceptors (Lipinski definition) is 2. The Hall–Kier alpha value is 0.620. The molecule has 68 valence electrons. The Balaban J connectivity index is 2.74. The van der Waals surface area contributed by atoms with Crippen molar-refractivity contribution in [2.24, 2.45) is 0 Å². The van der Waals surface area contributed by atoms with Crippen LogP contribution in [-0.4, -0.2) is 5.11 Å². The molecule has 1 nitrogen and oxygen atoms in total. The van der Waals surface area contributed by atoms with Crippen molar-refractivity contribution in [3.05, 3.63) is 19.2 Å². The van der Waals surface area contributed by atoms with Crippen molar-refractivity contribution in [1.82, 2.24) is 0 Å². The van der Waals surface area contributed by atoms with Crippen LogP contribution in [0.3, 0.4) is 0 Å². The summed E-state index contributed by atoms with van der Waals surface area (Å²) in [5.41, 5.74) is 0. The first-order valence-electron chi connectivity index (χ1n) is 3.78. The molecule has 0 aromatic carbocycles. The van der Waals surface area contributed by atoms with Crippen molar-refractivity contribution in [1.29, 1.82) is 0 Å². The highest BCUT2D eigenvalue weighted by Crippen LogP contribution is 2.36. The number of aliphatic hydroxyl groups is 1. The first-order chi connectivity index (χ1) is 5.65. The molecule has 4 heteroatoms. The number of halogens is 2. The third-order valence-electron chi connectivity index (χ3n) is 1.55. The molecule has 0 saturated heterocycles. The van der Waals surface area contributed by atoms with Crippen LogP contribution in [0, 0.1) is 0 Å². The van der Waals surface area contributed by atoms with Gasteiger partial charge in [-0.05, 0) is 44.3 Å². The van der Waals surface area contributed by atoms with Crippen LogP contribution in [0.5, 0.6) is 0 Å². The maximum Gasteiger partial charge on any atom is 0.0882 e. The summed E-state index contributed by atoms with van der Waals surface area (Å²) >= 11 is 8.37. The fraction of sp³-hybridized carbons (Fsp3) is 0.500. The van der Waals surface area contributed by atoms with E-state index in [1.165, 1.54) is 0 Å². The topological polar surface area (TPSA) is 20.2 Å². The van der Waals surface area contributed by atoms with Gasteiger partial charge in [-0.25, -0.2) is 0 Å². The van der Waals surface area contributed by atoms with Crippen molar-refractivity contribution >= 4 is 43.2 Å². The van der Waals surface area contributed by atoms with E-state index in [2.05, 4.69) is 38.8 Å². The molecule has 12 heavy (non-hydrogen) atoms. The second-order valence-corrected chi connectivity index (χ2v) is 5.83. The van der Waals surface area contributed by atoms with Crippen LogP contribution in [-0.2, 0) is 0 Å². The summed E-state index contributed by atoms with van der Waals surface area (Å²) in [6, 6.07) is 1.97. The van der Waals surface area contributed by atoms with Crippen molar-refractivity contribution in [2.75, 3.05) is 0 Å². The predicted molar refractivity (Wildman–Crippen MR) is 59.6 cm³/mol. The maximum absolute atomic E-state index is 9.63. The normalized spacial score (nSPS) is 13.3. The molecular weight excluding hydrogens is 304 g/mol. The van der Waals surface area contributed by atoms with Gasteiger partial charge in [-0.2, -0.15) is 0 Å². The van der Waals surface area contributed by atoms with E-state index in [0.29, 0.717) is 0 Å². The third-order valence-corrected chi connectivity index (χ3v) is 4.91. The molecule has 1 N–H and O–H groups in total. The Morgan fingerprint density at radius 1 is 1.58 bits per heavy atom. The Bertz CT molecular complexity index is 240. The van der Waals surface area contributed by atoms with Crippen LogP contribution in [0.1, 0.15) is 30.7 Å². The Kier molecular flexibility index (Phi) is 4.23. The summed E-state index contributed by atoms with van der Waals surface area (Å²) in [5, 5.41) is 9.63. The van der Waals surface area contributed by atoms with Crippen molar-refractivity contribution in [3.63, 3.8) is 0 Å². The largest absolute Gasteiger partial charge is 0.388 e. The lowest BCUT2D eigenvalue weighted by Gasteiger charge is -2.04. The number of hydrogen-bond donors (Lipinski definition) is 1. The Labute approximate surface area is 93.1 Å². The number of rotatable bonds is 3. The quantitative estimate of drug-likeness (QED) is 0.890. The lowest BCUT2D eigenvalue weighted by Crippen LogP contribution is -1.92. The molecule has 0 bridgehead atoms. The van der Waals surface area contributed by atoms with Crippen LogP contribution in [0.2, 0.25) is 0 Å². The van der Waals surface area contributed by atoms with Gasteiger partial charge in [0.05, 0.1) is 9.89 Å². The summed E-state index contributed by atoms with van der Waals surface area (Å²) in [6.07, 6.45) is 1.54. The SMILES string of the molecule is CCCC(O)c1cc(Br)c(Br)s1. The monoisotopic (exact) mass is 312 g/mol. The predicted octanol–water partition coefficient (Wildman–Crippen LogP) is 4.11. The van der Waals surface area contributed by atoms with Gasteiger partial charge in [-0.15, -0.1) is 11.3 Å². The van der Waals surface area contributed by atoms with E-state index >= 15 is 0 Å². The van der Waals surface area contributed by atoms with Gasteiger partial charge in [-0.1, -0.05) is 13.3 Å². The molecule has 0 radical (unpaired) electrons. The van der Waals surface area contributed by atoms with Gasteiger partial charge in [0, 0.05) is 9.35 Å². The molecule has 0 aliphatic heterocycles. The van der Waals surface area contributed by atoms with E-state index in [-0.39, 0.29) is 6.10 Å². The van der Waals surface area contributed by atoms with Crippen LogP contribution >= 0.6 is 43.2 Å². The second-order valence-electron chi connectivity index (χ2n) is 2.57. The highest BCUT2D eigenvalue weighted by atomic mass is 79.9. The van der Waals surface area contributed by atoms with Crippen LogP contribution < -0.4 is 0 Å². The summed E-state index contributed by atoms with van der Waals surface area (Å²) < 4.78 is 2.07. The lowest BCUT2D eigenvalue weighted by atomic mass is 10.2. The molecule has 1 rings (SSSR count). The molecule has 1 atom stereocenters. The molecule has 0 spiro atoms. The standard InChI is InChI=1S/C8H10Br2OS/c1-2-3-6(11)7-4-5(9)8(10)12-7/h4,6,11H,2-3H2,1H3. The highest BCUT2D eigenvalue weighted by molar-refractivity contribution is 9.13. The minimum Gasteiger partial charge on any atom is -0.388 e. The molecule has 1 heterocycles. The van der Waals surface area contributed by atoms with Gasteiger partial charge in [-0.3, -0.25) is 0 Å². The Morgan fingerprint density at radius 2 is 2.25 bits per heavy atom. The van der Waals surface area contributed by atoms with Crippen molar-refractivity contribution in [2.45, 2.75) is 25.9 Å². The van der Waals surface area contributed by atoms with E-state index < -0.39 is 0 Å². The molecule has 1 aromatic rings. The zero-order chi connectivity index (χ0) is 9.14. The van der Waals surface area contributed by atoms with Gasteiger partial charge in [0.2, 0.25) is 0 Å². The zero-order valence-corrected chi connectivity index (χ0v) is 10.7. The molecule has 0 aliphatic rings. The maximum atomic E-state index is 9.63. The second kappa shape index (κ2) is 4.74. The highest BCUT2D eigenvalue weighted by Gasteiger charge is 2.11. The Morgan fingerprint density at radius 3 is 2.67 bits per heavy atom. The summed E-state index contributed by atoms with van der Waals surface area (Å²) in [5.74, 6) is 0. The minimum atomic E-state index is -0.303. The van der Waals surface area contributed by atoms with Gasteiger partial charge in [0.15, 0.2) is 0 Å². The van der Waals surface area contributed by atoms with Gasteiger partial charge < -0.3 is 5.11 Å². The fourth-order valence-electron chi connectivity index (χ4n) is 0.943. The first kappa shape index (κ1) is 10.7. The first-order valence-corrected chi connectivity index (χ1v) is 6.18. The van der Waals surface area contributed by atoms with Crippen molar-refractivity contribution in [3.8, 4) is 0 Å². The molecule has 0 aliphatic carbocycles. The molecular formula is C8H10Br2OS. The zero-order valence-electron chi connectivity index (χ0n) is 6.68.